The molecule has 0 atom stereocenters. The molecular weight excluding hydrogens is 297 g/mol. The van der Waals surface area contributed by atoms with Crippen molar-refractivity contribution in [2.24, 2.45) is 5.84 Å². The summed E-state index contributed by atoms with van der Waals surface area (Å²) in [6.07, 6.45) is 1.51. The number of hydrogen-bond acceptors (Lipinski definition) is 5. The summed E-state index contributed by atoms with van der Waals surface area (Å²) >= 11 is 12.0. The zero-order valence-electron chi connectivity index (χ0n) is 11.4. The maximum atomic E-state index is 6.15. The fourth-order valence-corrected chi connectivity index (χ4v) is 2.06. The van der Waals surface area contributed by atoms with E-state index in [2.05, 4.69) is 41.1 Å². The fraction of sp³-hybridized carbons (Fsp3) is 0.308. The summed E-state index contributed by atoms with van der Waals surface area (Å²) in [6, 6.07) is 3.40. The molecule has 0 saturated heterocycles. The predicted octanol–water partition coefficient (Wildman–Crippen LogP) is 3.43. The van der Waals surface area contributed by atoms with Crippen molar-refractivity contribution in [2.75, 3.05) is 5.43 Å². The van der Waals surface area contributed by atoms with Crippen LogP contribution in [0.15, 0.2) is 18.3 Å². The Labute approximate surface area is 127 Å². The third-order valence-corrected chi connectivity index (χ3v) is 3.16. The molecule has 0 radical (unpaired) electrons. The highest BCUT2D eigenvalue weighted by Crippen LogP contribution is 2.29. The summed E-state index contributed by atoms with van der Waals surface area (Å²) in [5.74, 6) is 6.37. The summed E-state index contributed by atoms with van der Waals surface area (Å²) in [5.41, 5.74) is 3.69. The minimum absolute atomic E-state index is 0.151. The van der Waals surface area contributed by atoms with Gasteiger partial charge in [0.15, 0.2) is 5.82 Å². The Bertz CT molecular complexity index is 637. The average Bonchev–Trinajstić information content (AvgIpc) is 2.37. The predicted molar refractivity (Wildman–Crippen MR) is 81.8 cm³/mol. The molecule has 0 aromatic carbocycles. The standard InChI is InChI=1S/C13H15Cl2N5/c1-13(2,3)9-5-10(20-16)19-12(18-9)11-8(15)4-7(14)6-17-11/h4-6H,16H2,1-3H3,(H,18,19,20). The van der Waals surface area contributed by atoms with Crippen LogP contribution in [0.25, 0.3) is 11.5 Å². The van der Waals surface area contributed by atoms with Gasteiger partial charge in [0, 0.05) is 17.7 Å². The first kappa shape index (κ1) is 15.0. The Balaban J connectivity index is 2.61. The smallest absolute Gasteiger partial charge is 0.182 e. The van der Waals surface area contributed by atoms with Gasteiger partial charge in [0.2, 0.25) is 0 Å². The molecule has 2 heterocycles. The van der Waals surface area contributed by atoms with Crippen LogP contribution in [0.2, 0.25) is 10.0 Å². The molecule has 0 aliphatic rings. The van der Waals surface area contributed by atoms with Gasteiger partial charge < -0.3 is 5.43 Å². The quantitative estimate of drug-likeness (QED) is 0.656. The molecule has 0 fully saturated rings. The second-order valence-electron chi connectivity index (χ2n) is 5.34. The number of hydrazine groups is 1. The first-order valence-corrected chi connectivity index (χ1v) is 6.74. The SMILES string of the molecule is CC(C)(C)c1cc(NN)nc(-c2ncc(Cl)cc2Cl)n1. The molecule has 2 rings (SSSR count). The van der Waals surface area contributed by atoms with Gasteiger partial charge in [0.05, 0.1) is 15.7 Å². The normalized spacial score (nSPS) is 11.5. The number of anilines is 1. The largest absolute Gasteiger partial charge is 0.308 e. The van der Waals surface area contributed by atoms with Gasteiger partial charge in [-0.15, -0.1) is 0 Å². The topological polar surface area (TPSA) is 76.7 Å². The number of hydrogen-bond donors (Lipinski definition) is 2. The molecule has 5 nitrogen and oxygen atoms in total. The van der Waals surface area contributed by atoms with Crippen LogP contribution in [0.3, 0.4) is 0 Å². The summed E-state index contributed by atoms with van der Waals surface area (Å²) in [4.78, 5) is 13.0. The highest BCUT2D eigenvalue weighted by atomic mass is 35.5. The molecule has 20 heavy (non-hydrogen) atoms. The lowest BCUT2D eigenvalue weighted by Gasteiger charge is -2.19. The third-order valence-electron chi connectivity index (χ3n) is 2.66. The maximum absolute atomic E-state index is 6.15. The van der Waals surface area contributed by atoms with Gasteiger partial charge in [0.1, 0.15) is 11.5 Å². The van der Waals surface area contributed by atoms with Crippen molar-refractivity contribution in [3.63, 3.8) is 0 Å². The first-order valence-electron chi connectivity index (χ1n) is 5.99. The number of nitrogens with two attached hydrogens (primary N) is 1. The molecule has 0 aliphatic carbocycles. The molecule has 106 valence electrons. The third kappa shape index (κ3) is 3.17. The van der Waals surface area contributed by atoms with E-state index in [1.807, 2.05) is 0 Å². The van der Waals surface area contributed by atoms with E-state index in [9.17, 15) is 0 Å². The summed E-state index contributed by atoms with van der Waals surface area (Å²) in [6.45, 7) is 6.16. The van der Waals surface area contributed by atoms with E-state index < -0.39 is 0 Å². The second kappa shape index (κ2) is 5.52. The lowest BCUT2D eigenvalue weighted by atomic mass is 9.92. The van der Waals surface area contributed by atoms with Gasteiger partial charge in [0.25, 0.3) is 0 Å². The van der Waals surface area contributed by atoms with E-state index in [-0.39, 0.29) is 5.41 Å². The van der Waals surface area contributed by atoms with Crippen LogP contribution in [-0.4, -0.2) is 15.0 Å². The summed E-state index contributed by atoms with van der Waals surface area (Å²) in [7, 11) is 0. The second-order valence-corrected chi connectivity index (χ2v) is 6.18. The number of nitrogens with zero attached hydrogens (tertiary/aromatic N) is 3. The zero-order chi connectivity index (χ0) is 14.9. The molecule has 0 saturated carbocycles. The van der Waals surface area contributed by atoms with Crippen LogP contribution >= 0.6 is 23.2 Å². The van der Waals surface area contributed by atoms with E-state index >= 15 is 0 Å². The van der Waals surface area contributed by atoms with Crippen molar-refractivity contribution in [3.05, 3.63) is 34.1 Å². The van der Waals surface area contributed by atoms with Crippen molar-refractivity contribution in [1.82, 2.24) is 15.0 Å². The minimum atomic E-state index is -0.151. The van der Waals surface area contributed by atoms with E-state index in [4.69, 9.17) is 29.0 Å². The van der Waals surface area contributed by atoms with Crippen molar-refractivity contribution in [1.29, 1.82) is 0 Å². The number of rotatable bonds is 2. The molecule has 0 amide bonds. The number of halogens is 2. The van der Waals surface area contributed by atoms with Crippen molar-refractivity contribution in [2.45, 2.75) is 26.2 Å². The van der Waals surface area contributed by atoms with Crippen molar-refractivity contribution in [3.8, 4) is 11.5 Å². The molecule has 2 aromatic rings. The van der Waals surface area contributed by atoms with Gasteiger partial charge in [-0.1, -0.05) is 44.0 Å². The van der Waals surface area contributed by atoms with E-state index in [1.54, 1.807) is 12.1 Å². The van der Waals surface area contributed by atoms with Crippen molar-refractivity contribution < 1.29 is 0 Å². The molecule has 0 bridgehead atoms. The number of nitrogen functional groups attached to an aromatic ring is 1. The summed E-state index contributed by atoms with van der Waals surface area (Å²) in [5, 5.41) is 0.856. The number of pyridine rings is 1. The molecular formula is C13H15Cl2N5. The lowest BCUT2D eigenvalue weighted by molar-refractivity contribution is 0.568. The highest BCUT2D eigenvalue weighted by Gasteiger charge is 2.19. The first-order chi connectivity index (χ1) is 9.31. The summed E-state index contributed by atoms with van der Waals surface area (Å²) < 4.78 is 0. The monoisotopic (exact) mass is 311 g/mol. The fourth-order valence-electron chi connectivity index (χ4n) is 1.59. The van der Waals surface area contributed by atoms with Gasteiger partial charge >= 0.3 is 0 Å². The molecule has 3 N–H and O–H groups in total. The van der Waals surface area contributed by atoms with Crippen molar-refractivity contribution >= 4 is 29.0 Å². The molecule has 0 unspecified atom stereocenters. The van der Waals surface area contributed by atoms with Gasteiger partial charge in [-0.25, -0.2) is 20.8 Å². The number of aromatic nitrogens is 3. The molecule has 7 heteroatoms. The van der Waals surface area contributed by atoms with Crippen LogP contribution in [0.5, 0.6) is 0 Å². The van der Waals surface area contributed by atoms with Crippen LogP contribution in [0.1, 0.15) is 26.5 Å². The van der Waals surface area contributed by atoms with E-state index in [0.717, 1.165) is 5.69 Å². The Morgan fingerprint density at radius 3 is 2.40 bits per heavy atom. The van der Waals surface area contributed by atoms with Crippen LogP contribution < -0.4 is 11.3 Å². The molecule has 0 aliphatic heterocycles. The van der Waals surface area contributed by atoms with Crippen LogP contribution in [0.4, 0.5) is 5.82 Å². The van der Waals surface area contributed by atoms with Gasteiger partial charge in [-0.2, -0.15) is 0 Å². The Morgan fingerprint density at radius 1 is 1.15 bits per heavy atom. The van der Waals surface area contributed by atoms with Gasteiger partial charge in [-0.05, 0) is 6.07 Å². The Hall–Kier alpha value is -1.43. The highest BCUT2D eigenvalue weighted by molar-refractivity contribution is 6.35. The van der Waals surface area contributed by atoms with Crippen LogP contribution in [-0.2, 0) is 5.41 Å². The zero-order valence-corrected chi connectivity index (χ0v) is 12.9. The van der Waals surface area contributed by atoms with E-state index in [0.29, 0.717) is 27.4 Å². The molecule has 0 spiro atoms. The Kier molecular flexibility index (Phi) is 4.13. The van der Waals surface area contributed by atoms with E-state index in [1.165, 1.54) is 6.20 Å². The van der Waals surface area contributed by atoms with Crippen LogP contribution in [0, 0.1) is 0 Å². The number of nitrogens with one attached hydrogen (secondary N) is 1. The van der Waals surface area contributed by atoms with Gasteiger partial charge in [-0.3, -0.25) is 0 Å². The Morgan fingerprint density at radius 2 is 1.85 bits per heavy atom. The maximum Gasteiger partial charge on any atom is 0.182 e. The molecule has 2 aromatic heterocycles. The minimum Gasteiger partial charge on any atom is -0.308 e. The lowest BCUT2D eigenvalue weighted by Crippen LogP contribution is -2.17. The average molecular weight is 312 g/mol.